The van der Waals surface area contributed by atoms with Crippen molar-refractivity contribution in [1.82, 2.24) is 0 Å². The minimum absolute atomic E-state index is 1.33. The Morgan fingerprint density at radius 1 is 0.586 bits per heavy atom. The fourth-order valence-electron chi connectivity index (χ4n) is 4.41. The molecule has 4 aromatic carbocycles. The number of aryl methyl sites for hydroxylation is 1. The lowest BCUT2D eigenvalue weighted by molar-refractivity contribution is 1.61. The Morgan fingerprint density at radius 3 is 1.86 bits per heavy atom. The van der Waals surface area contributed by atoms with E-state index in [0.29, 0.717) is 0 Å². The average Bonchev–Trinajstić information content (AvgIpc) is 3.37. The van der Waals surface area contributed by atoms with Gasteiger partial charge in [-0.1, -0.05) is 0 Å². The molecule has 3 heterocycles. The van der Waals surface area contributed by atoms with E-state index in [1.54, 1.807) is 0 Å². The number of rotatable bonds is 0. The van der Waals surface area contributed by atoms with Gasteiger partial charge in [0.25, 0.3) is 0 Å². The largest absolute Gasteiger partial charge is 0.144 e. The van der Waals surface area contributed by atoms with Crippen LogP contribution in [0.25, 0.3) is 61.9 Å². The van der Waals surface area contributed by atoms with Crippen LogP contribution in [0.15, 0.2) is 60.0 Å². The van der Waals surface area contributed by atoms with E-state index in [9.17, 15) is 0 Å². The summed E-state index contributed by atoms with van der Waals surface area (Å²) >= 11 is 8.13. The summed E-state index contributed by atoms with van der Waals surface area (Å²) in [6.07, 6.45) is 0. The first-order valence-electron chi connectivity index (χ1n) is 9.44. The lowest BCUT2D eigenvalue weighted by Gasteiger charge is -2.02. The molecule has 138 valence electrons. The Bertz CT molecular complexity index is 1780. The molecular formula is C25H13IS3. The van der Waals surface area contributed by atoms with Gasteiger partial charge in [-0.3, -0.25) is 0 Å². The van der Waals surface area contributed by atoms with Gasteiger partial charge in [0, 0.05) is 43.4 Å². The molecule has 0 bridgehead atoms. The number of benzene rings is 4. The smallest absolute Gasteiger partial charge is 0.0362 e. The minimum atomic E-state index is 1.33. The molecule has 0 atom stereocenters. The molecule has 7 rings (SSSR count). The van der Waals surface area contributed by atoms with Crippen molar-refractivity contribution >= 4 is 118 Å². The van der Waals surface area contributed by atoms with Crippen LogP contribution >= 0.6 is 56.6 Å². The first-order chi connectivity index (χ1) is 14.1. The highest BCUT2D eigenvalue weighted by Crippen LogP contribution is 2.41. The summed E-state index contributed by atoms with van der Waals surface area (Å²) in [4.78, 5) is 1.41. The summed E-state index contributed by atoms with van der Waals surface area (Å²) in [5, 5.41) is 13.0. The Kier molecular flexibility index (Phi) is 3.47. The van der Waals surface area contributed by atoms with Gasteiger partial charge in [-0.15, -0.1) is 34.0 Å². The van der Waals surface area contributed by atoms with E-state index < -0.39 is 0 Å². The van der Waals surface area contributed by atoms with Crippen LogP contribution in [0.2, 0.25) is 0 Å². The Hall–Kier alpha value is -1.73. The zero-order valence-corrected chi connectivity index (χ0v) is 20.0. The summed E-state index contributed by atoms with van der Waals surface area (Å²) in [5.74, 6) is 0. The van der Waals surface area contributed by atoms with E-state index in [4.69, 9.17) is 0 Å². The second-order valence-corrected chi connectivity index (χ2v) is 12.0. The molecule has 0 spiro atoms. The van der Waals surface area contributed by atoms with Crippen LogP contribution in [0.5, 0.6) is 0 Å². The van der Waals surface area contributed by atoms with Gasteiger partial charge in [0.05, 0.1) is 0 Å². The standard InChI is InChI=1S/C25H13IS3/c1-12-25(26)20-7-15-6-19-18-5-14-4-13-2-3-27-21(13)8-16(14)9-22(18)29-23(19)10-17(15)11-24(20)28-12/h2-11H,1H3. The SMILES string of the molecule is Cc1sc2cc3cc4sc5cc6cc7sccc7cc6cc5c4cc3cc2c1I. The van der Waals surface area contributed by atoms with Crippen molar-refractivity contribution in [2.75, 3.05) is 0 Å². The third-order valence-electron chi connectivity index (χ3n) is 5.87. The maximum absolute atomic E-state index is 2.49. The number of thiophene rings is 3. The van der Waals surface area contributed by atoms with Crippen LogP contribution in [0.4, 0.5) is 0 Å². The number of hydrogen-bond acceptors (Lipinski definition) is 3. The molecule has 0 aliphatic heterocycles. The van der Waals surface area contributed by atoms with Crippen molar-refractivity contribution in [1.29, 1.82) is 0 Å². The van der Waals surface area contributed by atoms with Crippen molar-refractivity contribution in [3.8, 4) is 0 Å². The van der Waals surface area contributed by atoms with Crippen molar-refractivity contribution in [2.45, 2.75) is 6.92 Å². The lowest BCUT2D eigenvalue weighted by atomic mass is 10.0. The average molecular weight is 536 g/mol. The number of hydrogen-bond donors (Lipinski definition) is 0. The van der Waals surface area contributed by atoms with E-state index in [0.717, 1.165) is 0 Å². The molecule has 0 saturated heterocycles. The maximum Gasteiger partial charge on any atom is 0.0362 e. The molecule has 29 heavy (non-hydrogen) atoms. The van der Waals surface area contributed by atoms with Crippen LogP contribution < -0.4 is 0 Å². The van der Waals surface area contributed by atoms with Gasteiger partial charge in [-0.2, -0.15) is 0 Å². The van der Waals surface area contributed by atoms with Crippen LogP contribution in [0, 0.1) is 10.5 Å². The summed E-state index contributed by atoms with van der Waals surface area (Å²) in [5.41, 5.74) is 0. The second kappa shape index (κ2) is 5.91. The van der Waals surface area contributed by atoms with Crippen LogP contribution in [-0.4, -0.2) is 0 Å². The Labute approximate surface area is 192 Å². The van der Waals surface area contributed by atoms with Gasteiger partial charge in [0.1, 0.15) is 0 Å². The fourth-order valence-corrected chi connectivity index (χ4v) is 8.34. The molecule has 0 N–H and O–H groups in total. The summed E-state index contributed by atoms with van der Waals surface area (Å²) < 4.78 is 6.92. The number of halogens is 1. The van der Waals surface area contributed by atoms with E-state index in [-0.39, 0.29) is 0 Å². The molecule has 0 nitrogen and oxygen atoms in total. The van der Waals surface area contributed by atoms with Crippen LogP contribution in [0.1, 0.15) is 4.88 Å². The topological polar surface area (TPSA) is 0 Å². The predicted octanol–water partition coefficient (Wildman–Crippen LogP) is 9.70. The first kappa shape index (κ1) is 17.0. The summed E-state index contributed by atoms with van der Waals surface area (Å²) in [6, 6.07) is 21.2. The van der Waals surface area contributed by atoms with Crippen LogP contribution in [-0.2, 0) is 0 Å². The maximum atomic E-state index is 2.49. The molecule has 0 aliphatic rings. The van der Waals surface area contributed by atoms with Crippen molar-refractivity contribution in [3.05, 3.63) is 68.4 Å². The van der Waals surface area contributed by atoms with Gasteiger partial charge in [-0.25, -0.2) is 0 Å². The highest BCUT2D eigenvalue weighted by Gasteiger charge is 2.12. The molecule has 0 saturated carbocycles. The predicted molar refractivity (Wildman–Crippen MR) is 143 cm³/mol. The van der Waals surface area contributed by atoms with E-state index in [2.05, 4.69) is 89.5 Å². The van der Waals surface area contributed by atoms with Gasteiger partial charge in [0.15, 0.2) is 0 Å². The Balaban J connectivity index is 1.60. The third kappa shape index (κ3) is 2.40. The minimum Gasteiger partial charge on any atom is -0.144 e. The highest BCUT2D eigenvalue weighted by molar-refractivity contribution is 14.1. The fraction of sp³-hybridized carbons (Fsp3) is 0.0400. The quantitative estimate of drug-likeness (QED) is 0.169. The number of fused-ring (bicyclic) bond motifs is 7. The zero-order valence-electron chi connectivity index (χ0n) is 15.4. The van der Waals surface area contributed by atoms with Gasteiger partial charge >= 0.3 is 0 Å². The summed E-state index contributed by atoms with van der Waals surface area (Å²) in [7, 11) is 0. The van der Waals surface area contributed by atoms with E-state index in [1.807, 2.05) is 34.0 Å². The van der Waals surface area contributed by atoms with E-state index >= 15 is 0 Å². The monoisotopic (exact) mass is 536 g/mol. The van der Waals surface area contributed by atoms with E-state index in [1.165, 1.54) is 70.3 Å². The van der Waals surface area contributed by atoms with Gasteiger partial charge in [0.2, 0.25) is 0 Å². The van der Waals surface area contributed by atoms with Gasteiger partial charge in [-0.05, 0) is 116 Å². The highest BCUT2D eigenvalue weighted by atomic mass is 127. The third-order valence-corrected chi connectivity index (χ3v) is 10.7. The first-order valence-corrected chi connectivity index (χ1v) is 13.0. The Morgan fingerprint density at radius 2 is 1.14 bits per heavy atom. The molecule has 3 aromatic heterocycles. The van der Waals surface area contributed by atoms with Gasteiger partial charge < -0.3 is 0 Å². The normalized spacial score (nSPS) is 12.5. The van der Waals surface area contributed by atoms with Crippen molar-refractivity contribution in [2.24, 2.45) is 0 Å². The summed E-state index contributed by atoms with van der Waals surface area (Å²) in [6.45, 7) is 2.22. The molecule has 0 unspecified atom stereocenters. The zero-order chi connectivity index (χ0) is 19.3. The van der Waals surface area contributed by atoms with Crippen molar-refractivity contribution in [3.63, 3.8) is 0 Å². The second-order valence-electron chi connectivity index (χ2n) is 7.62. The molecule has 7 aromatic rings. The molecular weight excluding hydrogens is 523 g/mol. The van der Waals surface area contributed by atoms with Crippen LogP contribution in [0.3, 0.4) is 0 Å². The molecule has 0 radical (unpaired) electrons. The molecule has 4 heteroatoms. The van der Waals surface area contributed by atoms with Crippen molar-refractivity contribution < 1.29 is 0 Å². The molecule has 0 aliphatic carbocycles. The molecule has 0 amide bonds. The lowest BCUT2D eigenvalue weighted by Crippen LogP contribution is -1.76. The molecule has 0 fully saturated rings.